The molecule has 1 aromatic rings. The standard InChI is InChI=1S/C32H42N4O8/c1-20(2)43-30(41)33-25-13-7-5-3-4-6-12-23-17-32(23,29(39)40)34-27(37)26-16-24(19-36(26)28(25)38)44-31(42)35-15-14-21-10-8-9-11-22(21)18-35/h6,8-12,20,23-26H,3-5,7,13-19H2,1-2H3,(H,33,41)(H,34,37)(H,39,40)/b12-6-/t23-,24-,25+,26+,32-/m1/s1. The molecule has 2 fully saturated rings. The fourth-order valence-electron chi connectivity index (χ4n) is 6.41. The van der Waals surface area contributed by atoms with Crippen LogP contribution in [0.5, 0.6) is 0 Å². The number of alkyl carbamates (subject to hydrolysis) is 1. The molecule has 0 bridgehead atoms. The lowest BCUT2D eigenvalue weighted by molar-refractivity contribution is -0.145. The number of nitrogens with one attached hydrogen (secondary N) is 2. The molecule has 0 radical (unpaired) electrons. The molecule has 0 unspecified atom stereocenters. The van der Waals surface area contributed by atoms with Gasteiger partial charge in [-0.15, -0.1) is 0 Å². The van der Waals surface area contributed by atoms with E-state index >= 15 is 0 Å². The number of carbonyl (C=O) groups is 5. The normalized spacial score (nSPS) is 29.6. The third kappa shape index (κ3) is 7.00. The van der Waals surface area contributed by atoms with E-state index in [2.05, 4.69) is 10.6 Å². The Morgan fingerprint density at radius 2 is 1.89 bits per heavy atom. The molecule has 4 amide bonds. The molecule has 1 aromatic carbocycles. The molecule has 12 heteroatoms. The summed E-state index contributed by atoms with van der Waals surface area (Å²) in [6.07, 6.45) is 5.63. The maximum Gasteiger partial charge on any atom is 0.410 e. The van der Waals surface area contributed by atoms with E-state index in [9.17, 15) is 29.1 Å². The molecule has 12 nitrogen and oxygen atoms in total. The number of carbonyl (C=O) groups excluding carboxylic acids is 4. The largest absolute Gasteiger partial charge is 0.479 e. The fourth-order valence-corrected chi connectivity index (χ4v) is 6.41. The minimum atomic E-state index is -1.45. The van der Waals surface area contributed by atoms with Crippen LogP contribution in [0.3, 0.4) is 0 Å². The molecule has 1 saturated carbocycles. The Hall–Kier alpha value is -4.09. The number of rotatable bonds is 4. The van der Waals surface area contributed by atoms with Crippen molar-refractivity contribution in [1.82, 2.24) is 20.4 Å². The summed E-state index contributed by atoms with van der Waals surface area (Å²) < 4.78 is 11.1. The Balaban J connectivity index is 1.36. The van der Waals surface area contributed by atoms with Gasteiger partial charge in [-0.2, -0.15) is 0 Å². The smallest absolute Gasteiger partial charge is 0.410 e. The summed E-state index contributed by atoms with van der Waals surface area (Å²) in [6.45, 7) is 4.22. The zero-order valence-corrected chi connectivity index (χ0v) is 25.3. The Labute approximate surface area is 257 Å². The van der Waals surface area contributed by atoms with Gasteiger partial charge in [-0.05, 0) is 57.1 Å². The molecule has 4 aliphatic rings. The van der Waals surface area contributed by atoms with Crippen molar-refractivity contribution in [2.24, 2.45) is 5.92 Å². The van der Waals surface area contributed by atoms with Crippen molar-refractivity contribution in [3.63, 3.8) is 0 Å². The van der Waals surface area contributed by atoms with Crippen molar-refractivity contribution < 1.29 is 38.6 Å². The van der Waals surface area contributed by atoms with Crippen LogP contribution < -0.4 is 10.6 Å². The van der Waals surface area contributed by atoms with Crippen LogP contribution in [0.15, 0.2) is 36.4 Å². The first-order chi connectivity index (χ1) is 21.1. The van der Waals surface area contributed by atoms with E-state index in [0.29, 0.717) is 32.4 Å². The lowest BCUT2D eigenvalue weighted by Gasteiger charge is -2.30. The number of aliphatic carboxylic acids is 1. The van der Waals surface area contributed by atoms with E-state index in [1.54, 1.807) is 18.7 Å². The number of benzene rings is 1. The summed E-state index contributed by atoms with van der Waals surface area (Å²) in [5, 5.41) is 15.4. The second kappa shape index (κ2) is 13.3. The van der Waals surface area contributed by atoms with Gasteiger partial charge in [-0.3, -0.25) is 9.59 Å². The molecule has 0 spiro atoms. The van der Waals surface area contributed by atoms with Gasteiger partial charge in [0.1, 0.15) is 23.7 Å². The Morgan fingerprint density at radius 3 is 2.64 bits per heavy atom. The lowest BCUT2D eigenvalue weighted by atomic mass is 10.0. The van der Waals surface area contributed by atoms with Crippen molar-refractivity contribution >= 4 is 30.0 Å². The van der Waals surface area contributed by atoms with Crippen LogP contribution in [-0.2, 0) is 36.8 Å². The molecule has 3 aliphatic heterocycles. The van der Waals surface area contributed by atoms with Crippen LogP contribution in [0, 0.1) is 5.92 Å². The van der Waals surface area contributed by atoms with Gasteiger partial charge in [-0.25, -0.2) is 14.4 Å². The molecule has 44 heavy (non-hydrogen) atoms. The number of ether oxygens (including phenoxy) is 2. The second-order valence-corrected chi connectivity index (χ2v) is 12.5. The number of hydrogen-bond donors (Lipinski definition) is 3. The van der Waals surface area contributed by atoms with Gasteiger partial charge in [-0.1, -0.05) is 49.3 Å². The van der Waals surface area contributed by atoms with Crippen LogP contribution in [0.1, 0.15) is 69.9 Å². The maximum atomic E-state index is 14.0. The Kier molecular flexibility index (Phi) is 9.45. The fraction of sp³-hybridized carbons (Fsp3) is 0.594. The number of amides is 4. The highest BCUT2D eigenvalue weighted by atomic mass is 16.6. The lowest BCUT2D eigenvalue weighted by Crippen LogP contribution is -2.56. The van der Waals surface area contributed by atoms with E-state index in [0.717, 1.165) is 24.8 Å². The Bertz CT molecular complexity index is 1310. The molecule has 1 saturated heterocycles. The van der Waals surface area contributed by atoms with E-state index in [1.165, 1.54) is 10.5 Å². The predicted molar refractivity (Wildman–Crippen MR) is 158 cm³/mol. The molecule has 3 N–H and O–H groups in total. The number of nitrogens with zero attached hydrogens (tertiary/aromatic N) is 2. The Morgan fingerprint density at radius 1 is 1.11 bits per heavy atom. The summed E-state index contributed by atoms with van der Waals surface area (Å²) in [4.78, 5) is 68.7. The highest BCUT2D eigenvalue weighted by molar-refractivity contribution is 5.96. The van der Waals surface area contributed by atoms with Crippen LogP contribution in [0.4, 0.5) is 9.59 Å². The first-order valence-corrected chi connectivity index (χ1v) is 15.6. The van der Waals surface area contributed by atoms with Crippen molar-refractivity contribution in [1.29, 1.82) is 0 Å². The number of fused-ring (bicyclic) bond motifs is 3. The third-order valence-electron chi connectivity index (χ3n) is 8.91. The first kappa shape index (κ1) is 31.3. The zero-order chi connectivity index (χ0) is 31.4. The van der Waals surface area contributed by atoms with Crippen molar-refractivity contribution in [3.8, 4) is 0 Å². The molecular formula is C32H42N4O8. The van der Waals surface area contributed by atoms with E-state index in [1.807, 2.05) is 36.4 Å². The molecule has 0 aromatic heterocycles. The SMILES string of the molecule is CC(C)OC(=O)N[C@H]1CCCCC/C=C\[C@@H]2C[C@@]2(C(=O)O)NC(=O)[C@@H]2C[C@@H](OC(=O)N3CCc4ccccc4C3)CN2C1=O. The summed E-state index contributed by atoms with van der Waals surface area (Å²) in [7, 11) is 0. The number of allylic oxidation sites excluding steroid dienone is 1. The number of hydrogen-bond acceptors (Lipinski definition) is 7. The molecule has 238 valence electrons. The van der Waals surface area contributed by atoms with Crippen LogP contribution in [-0.4, -0.2) is 87.8 Å². The highest BCUT2D eigenvalue weighted by Crippen LogP contribution is 2.45. The van der Waals surface area contributed by atoms with E-state index in [-0.39, 0.29) is 25.3 Å². The maximum absolute atomic E-state index is 14.0. The summed E-state index contributed by atoms with van der Waals surface area (Å²) in [5.41, 5.74) is 0.774. The van der Waals surface area contributed by atoms with Crippen molar-refractivity contribution in [2.75, 3.05) is 13.1 Å². The van der Waals surface area contributed by atoms with Crippen LogP contribution in [0.2, 0.25) is 0 Å². The zero-order valence-electron chi connectivity index (χ0n) is 25.3. The molecular weight excluding hydrogens is 568 g/mol. The molecule has 3 heterocycles. The minimum Gasteiger partial charge on any atom is -0.479 e. The van der Waals surface area contributed by atoms with E-state index < -0.39 is 59.8 Å². The van der Waals surface area contributed by atoms with Gasteiger partial charge >= 0.3 is 18.2 Å². The molecule has 5 atom stereocenters. The second-order valence-electron chi connectivity index (χ2n) is 12.5. The first-order valence-electron chi connectivity index (χ1n) is 15.6. The van der Waals surface area contributed by atoms with Crippen LogP contribution in [0.25, 0.3) is 0 Å². The third-order valence-corrected chi connectivity index (χ3v) is 8.91. The molecule has 5 rings (SSSR count). The monoisotopic (exact) mass is 610 g/mol. The van der Waals surface area contributed by atoms with Gasteiger partial charge in [0.15, 0.2) is 0 Å². The van der Waals surface area contributed by atoms with Gasteiger partial charge in [0.25, 0.3) is 0 Å². The minimum absolute atomic E-state index is 0.00705. The van der Waals surface area contributed by atoms with Gasteiger partial charge in [0, 0.05) is 25.4 Å². The average molecular weight is 611 g/mol. The van der Waals surface area contributed by atoms with Gasteiger partial charge < -0.3 is 35.0 Å². The summed E-state index contributed by atoms with van der Waals surface area (Å²) in [5.74, 6) is -2.61. The quantitative estimate of drug-likeness (QED) is 0.440. The van der Waals surface area contributed by atoms with E-state index in [4.69, 9.17) is 9.47 Å². The van der Waals surface area contributed by atoms with Crippen molar-refractivity contribution in [3.05, 3.63) is 47.5 Å². The number of carboxylic acids is 1. The van der Waals surface area contributed by atoms with Gasteiger partial charge in [0.05, 0.1) is 12.6 Å². The summed E-state index contributed by atoms with van der Waals surface area (Å²) >= 11 is 0. The van der Waals surface area contributed by atoms with Gasteiger partial charge in [0.2, 0.25) is 11.8 Å². The number of carboxylic acid groups (broad SMARTS) is 1. The van der Waals surface area contributed by atoms with Crippen LogP contribution >= 0.6 is 0 Å². The molecule has 1 aliphatic carbocycles. The topological polar surface area (TPSA) is 155 Å². The average Bonchev–Trinajstić information content (AvgIpc) is 3.52. The summed E-state index contributed by atoms with van der Waals surface area (Å²) in [6, 6.07) is 5.85. The highest BCUT2D eigenvalue weighted by Gasteiger charge is 2.61. The predicted octanol–water partition coefficient (Wildman–Crippen LogP) is 3.13. The van der Waals surface area contributed by atoms with Crippen molar-refractivity contribution in [2.45, 2.75) is 102 Å².